The molecule has 44 heavy (non-hydrogen) atoms. The second-order valence-corrected chi connectivity index (χ2v) is 11.3. The van der Waals surface area contributed by atoms with Crippen LogP contribution in [-0.2, 0) is 17.1 Å². The van der Waals surface area contributed by atoms with E-state index in [4.69, 9.17) is 14.0 Å². The van der Waals surface area contributed by atoms with E-state index >= 15 is 0 Å². The summed E-state index contributed by atoms with van der Waals surface area (Å²) in [4.78, 5) is 18.9. The first-order valence-corrected chi connectivity index (χ1v) is 14.2. The number of hydrogen-bond donors (Lipinski definition) is 0. The van der Waals surface area contributed by atoms with Crippen LogP contribution in [0.15, 0.2) is 46.5 Å². The predicted molar refractivity (Wildman–Crippen MR) is 148 cm³/mol. The lowest BCUT2D eigenvalue weighted by molar-refractivity contribution is -0.143. The van der Waals surface area contributed by atoms with E-state index < -0.39 is 41.7 Å². The van der Waals surface area contributed by atoms with Crippen LogP contribution in [0, 0.1) is 0 Å². The topological polar surface area (TPSA) is 77.7 Å². The number of rotatable bonds is 7. The molecule has 13 heteroatoms. The highest BCUT2D eigenvalue weighted by atomic mass is 19.4. The minimum absolute atomic E-state index is 0.0568. The van der Waals surface area contributed by atoms with Gasteiger partial charge in [-0.3, -0.25) is 4.90 Å². The van der Waals surface area contributed by atoms with Crippen molar-refractivity contribution in [2.75, 3.05) is 13.7 Å². The van der Waals surface area contributed by atoms with Gasteiger partial charge >= 0.3 is 18.4 Å². The Hall–Kier alpha value is -4.03. The normalized spacial score (nSPS) is 19.6. The molecule has 7 nitrogen and oxygen atoms in total. The minimum Gasteiger partial charge on any atom is -0.496 e. The van der Waals surface area contributed by atoms with Crippen LogP contribution in [0.5, 0.6) is 5.75 Å². The Morgan fingerprint density at radius 1 is 1.00 bits per heavy atom. The van der Waals surface area contributed by atoms with Gasteiger partial charge in [0.1, 0.15) is 11.9 Å². The first kappa shape index (κ1) is 31.4. The predicted octanol–water partition coefficient (Wildman–Crippen LogP) is 8.82. The molecule has 1 aliphatic carbocycles. The maximum absolute atomic E-state index is 13.5. The highest BCUT2D eigenvalue weighted by molar-refractivity contribution is 5.78. The van der Waals surface area contributed by atoms with E-state index in [1.54, 1.807) is 26.2 Å². The Labute approximate surface area is 249 Å². The highest BCUT2D eigenvalue weighted by Crippen LogP contribution is 2.43. The quantitative estimate of drug-likeness (QED) is 0.245. The third-order valence-electron chi connectivity index (χ3n) is 8.00. The number of halogens is 6. The Morgan fingerprint density at radius 3 is 2.25 bits per heavy atom. The molecule has 0 radical (unpaired) electrons. The number of alkyl halides is 6. The van der Waals surface area contributed by atoms with Gasteiger partial charge in [-0.25, -0.2) is 4.79 Å². The third kappa shape index (κ3) is 6.27. The van der Waals surface area contributed by atoms with Crippen molar-refractivity contribution in [3.8, 4) is 17.2 Å². The molecule has 3 aromatic rings. The number of hydrogen-bond acceptors (Lipinski definition) is 6. The van der Waals surface area contributed by atoms with E-state index in [2.05, 4.69) is 10.1 Å². The number of allylic oxidation sites excluding steroid dienone is 1. The standard InChI is InChI=1S/C31H31F6N3O4/c1-16(2)27-38-28(44-39-27)18-9-10-25(42-4)24(13-18)23-8-6-5-7-19(23)15-40-17(3)26(43-29(40)41)20-11-21(30(32,33)34)14-22(12-20)31(35,36)37/h9-14,16-17,26H,5-8,15H2,1-4H3. The van der Waals surface area contributed by atoms with E-state index in [0.29, 0.717) is 48.0 Å². The number of aromatic nitrogens is 2. The lowest BCUT2D eigenvalue weighted by Gasteiger charge is -2.28. The Morgan fingerprint density at radius 2 is 1.66 bits per heavy atom. The van der Waals surface area contributed by atoms with Crippen molar-refractivity contribution >= 4 is 11.7 Å². The van der Waals surface area contributed by atoms with Crippen LogP contribution < -0.4 is 4.74 Å². The van der Waals surface area contributed by atoms with Crippen molar-refractivity contribution < 1.29 is 45.1 Å². The van der Waals surface area contributed by atoms with Gasteiger partial charge in [-0.05, 0) is 85.7 Å². The molecule has 2 unspecified atom stereocenters. The fraction of sp³-hybridized carbons (Fsp3) is 0.452. The van der Waals surface area contributed by atoms with Crippen LogP contribution in [-0.4, -0.2) is 40.8 Å². The second-order valence-electron chi connectivity index (χ2n) is 11.3. The number of cyclic esters (lactones) is 1. The maximum atomic E-state index is 13.5. The van der Waals surface area contributed by atoms with E-state index in [1.165, 1.54) is 4.90 Å². The summed E-state index contributed by atoms with van der Waals surface area (Å²) in [5.41, 5.74) is -0.0248. The van der Waals surface area contributed by atoms with Crippen LogP contribution in [0.2, 0.25) is 0 Å². The van der Waals surface area contributed by atoms with Crippen molar-refractivity contribution in [3.63, 3.8) is 0 Å². The van der Waals surface area contributed by atoms with E-state index in [9.17, 15) is 31.1 Å². The van der Waals surface area contributed by atoms with Crippen LogP contribution in [0.3, 0.4) is 0 Å². The molecule has 1 aromatic heterocycles. The molecule has 2 heterocycles. The molecule has 236 valence electrons. The van der Waals surface area contributed by atoms with Gasteiger partial charge < -0.3 is 14.0 Å². The molecule has 0 N–H and O–H groups in total. The van der Waals surface area contributed by atoms with Crippen molar-refractivity contribution in [1.82, 2.24) is 15.0 Å². The average Bonchev–Trinajstić information content (AvgIpc) is 3.58. The molecule has 1 fully saturated rings. The summed E-state index contributed by atoms with van der Waals surface area (Å²) in [5.74, 6) is 1.56. The number of ether oxygens (including phenoxy) is 2. The Balaban J connectivity index is 1.49. The monoisotopic (exact) mass is 623 g/mol. The molecule has 5 rings (SSSR count). The van der Waals surface area contributed by atoms with Crippen molar-refractivity contribution in [3.05, 3.63) is 70.0 Å². The highest BCUT2D eigenvalue weighted by Gasteiger charge is 2.43. The molecule has 1 amide bonds. The van der Waals surface area contributed by atoms with Crippen LogP contribution >= 0.6 is 0 Å². The largest absolute Gasteiger partial charge is 0.496 e. The molecule has 2 aliphatic rings. The lowest BCUT2D eigenvalue weighted by atomic mass is 9.85. The van der Waals surface area contributed by atoms with Gasteiger partial charge in [0.2, 0.25) is 0 Å². The average molecular weight is 624 g/mol. The van der Waals surface area contributed by atoms with Gasteiger partial charge in [-0.15, -0.1) is 0 Å². The Bertz CT molecular complexity index is 1540. The maximum Gasteiger partial charge on any atom is 0.416 e. The van der Waals surface area contributed by atoms with Gasteiger partial charge in [0.25, 0.3) is 5.89 Å². The van der Waals surface area contributed by atoms with Crippen molar-refractivity contribution in [2.24, 2.45) is 0 Å². The molecule has 1 saturated heterocycles. The fourth-order valence-corrected chi connectivity index (χ4v) is 5.64. The first-order chi connectivity index (χ1) is 20.7. The van der Waals surface area contributed by atoms with Gasteiger partial charge in [-0.1, -0.05) is 19.0 Å². The molecule has 2 aromatic carbocycles. The van der Waals surface area contributed by atoms with E-state index in [1.807, 2.05) is 19.9 Å². The van der Waals surface area contributed by atoms with Crippen molar-refractivity contribution in [1.29, 1.82) is 0 Å². The zero-order valence-electron chi connectivity index (χ0n) is 24.5. The molecule has 2 atom stereocenters. The fourth-order valence-electron chi connectivity index (χ4n) is 5.64. The number of methoxy groups -OCH3 is 1. The van der Waals surface area contributed by atoms with E-state index in [0.717, 1.165) is 29.6 Å². The zero-order valence-corrected chi connectivity index (χ0v) is 24.5. The second kappa shape index (κ2) is 11.8. The summed E-state index contributed by atoms with van der Waals surface area (Å²) < 4.78 is 97.6. The summed E-state index contributed by atoms with van der Waals surface area (Å²) in [6.45, 7) is 5.53. The van der Waals surface area contributed by atoms with Crippen molar-refractivity contribution in [2.45, 2.75) is 76.9 Å². The zero-order chi connectivity index (χ0) is 32.0. The van der Waals surface area contributed by atoms with E-state index in [-0.39, 0.29) is 24.1 Å². The first-order valence-electron chi connectivity index (χ1n) is 14.2. The van der Waals surface area contributed by atoms with Crippen LogP contribution in [0.1, 0.15) is 86.6 Å². The minimum atomic E-state index is -5.02. The molecular formula is C31H31F6N3O4. The third-order valence-corrected chi connectivity index (χ3v) is 8.00. The number of nitrogens with zero attached hydrogens (tertiary/aromatic N) is 3. The van der Waals surface area contributed by atoms with Gasteiger partial charge in [-0.2, -0.15) is 31.3 Å². The number of benzene rings is 2. The summed E-state index contributed by atoms with van der Waals surface area (Å²) in [5, 5.41) is 4.03. The van der Waals surface area contributed by atoms with Gasteiger partial charge in [0.05, 0.1) is 24.3 Å². The molecule has 0 saturated carbocycles. The van der Waals surface area contributed by atoms with Gasteiger partial charge in [0, 0.05) is 23.6 Å². The lowest BCUT2D eigenvalue weighted by Crippen LogP contribution is -2.34. The smallest absolute Gasteiger partial charge is 0.416 e. The molecule has 1 aliphatic heterocycles. The summed E-state index contributed by atoms with van der Waals surface area (Å²) in [6, 6.07) is 5.90. The van der Waals surface area contributed by atoms with Gasteiger partial charge in [0.15, 0.2) is 5.82 Å². The summed E-state index contributed by atoms with van der Waals surface area (Å²) in [7, 11) is 1.54. The summed E-state index contributed by atoms with van der Waals surface area (Å²) in [6.07, 6.45) is -9.18. The molecule has 0 bridgehead atoms. The number of carbonyl (C=O) groups excluding carboxylic acids is 1. The Kier molecular flexibility index (Phi) is 8.43. The van der Waals surface area contributed by atoms with Crippen LogP contribution in [0.25, 0.3) is 17.0 Å². The number of carbonyl (C=O) groups is 1. The molecule has 0 spiro atoms. The molecular weight excluding hydrogens is 592 g/mol. The SMILES string of the molecule is COc1ccc(-c2nc(C(C)C)no2)cc1C1=C(CN2C(=O)OC(c3cc(C(F)(F)F)cc(C(F)(F)F)c3)C2C)CCCC1. The van der Waals surface area contributed by atoms with Crippen LogP contribution in [0.4, 0.5) is 31.1 Å². The number of amides is 1. The summed E-state index contributed by atoms with van der Waals surface area (Å²) >= 11 is 0.